The van der Waals surface area contributed by atoms with E-state index in [-0.39, 0.29) is 12.5 Å². The number of aliphatic hydroxyl groups is 1. The second-order valence-electron chi connectivity index (χ2n) is 3.75. The van der Waals surface area contributed by atoms with Crippen LogP contribution in [0.2, 0.25) is 0 Å². The molecule has 4 heteroatoms. The van der Waals surface area contributed by atoms with Crippen molar-refractivity contribution in [2.75, 3.05) is 19.7 Å². The molecule has 0 spiro atoms. The Labute approximate surface area is 101 Å². The summed E-state index contributed by atoms with van der Waals surface area (Å²) in [5, 5.41) is 17.6. The molecule has 90 valence electrons. The van der Waals surface area contributed by atoms with Crippen LogP contribution >= 0.6 is 0 Å². The molecule has 0 radical (unpaired) electrons. The third-order valence-electron chi connectivity index (χ3n) is 2.62. The number of rotatable bonds is 4. The van der Waals surface area contributed by atoms with Gasteiger partial charge in [-0.25, -0.2) is 0 Å². The predicted molar refractivity (Wildman–Crippen MR) is 64.6 cm³/mol. The number of hydrogen-bond acceptors (Lipinski definition) is 3. The molecule has 1 N–H and O–H groups in total. The van der Waals surface area contributed by atoms with Gasteiger partial charge in [-0.15, -0.1) is 0 Å². The van der Waals surface area contributed by atoms with Gasteiger partial charge < -0.3 is 10.0 Å². The van der Waals surface area contributed by atoms with Crippen molar-refractivity contribution in [3.8, 4) is 6.07 Å². The number of hydrogen-bond donors (Lipinski definition) is 1. The van der Waals surface area contributed by atoms with Crippen LogP contribution in [0.5, 0.6) is 0 Å². The minimum absolute atomic E-state index is 0.0467. The van der Waals surface area contributed by atoms with Gasteiger partial charge in [0, 0.05) is 18.7 Å². The SMILES string of the molecule is CCN(CCO)C(=O)c1ccc(C#N)cc1C. The minimum Gasteiger partial charge on any atom is -0.395 e. The molecule has 4 nitrogen and oxygen atoms in total. The smallest absolute Gasteiger partial charge is 0.254 e. The van der Waals surface area contributed by atoms with Gasteiger partial charge in [-0.05, 0) is 37.6 Å². The van der Waals surface area contributed by atoms with E-state index in [1.165, 1.54) is 0 Å². The van der Waals surface area contributed by atoms with Gasteiger partial charge >= 0.3 is 0 Å². The number of nitrogens with zero attached hydrogens (tertiary/aromatic N) is 2. The first-order chi connectivity index (χ1) is 8.13. The summed E-state index contributed by atoms with van der Waals surface area (Å²) in [7, 11) is 0. The Hall–Kier alpha value is -1.86. The number of nitriles is 1. The van der Waals surface area contributed by atoms with E-state index in [2.05, 4.69) is 0 Å². The molecule has 0 aliphatic rings. The van der Waals surface area contributed by atoms with Crippen molar-refractivity contribution in [3.63, 3.8) is 0 Å². The first-order valence-electron chi connectivity index (χ1n) is 5.55. The summed E-state index contributed by atoms with van der Waals surface area (Å²) < 4.78 is 0. The van der Waals surface area contributed by atoms with Crippen molar-refractivity contribution < 1.29 is 9.90 Å². The summed E-state index contributed by atoms with van der Waals surface area (Å²) >= 11 is 0. The van der Waals surface area contributed by atoms with E-state index in [0.717, 1.165) is 5.56 Å². The fourth-order valence-corrected chi connectivity index (χ4v) is 1.67. The molecule has 0 bridgehead atoms. The van der Waals surface area contributed by atoms with Gasteiger partial charge in [0.1, 0.15) is 0 Å². The topological polar surface area (TPSA) is 64.3 Å². The van der Waals surface area contributed by atoms with Crippen LogP contribution in [0.4, 0.5) is 0 Å². The van der Waals surface area contributed by atoms with Crippen LogP contribution in [0.3, 0.4) is 0 Å². The zero-order valence-electron chi connectivity index (χ0n) is 10.1. The van der Waals surface area contributed by atoms with Crippen molar-refractivity contribution in [1.29, 1.82) is 5.26 Å². The number of likely N-dealkylation sites (N-methyl/N-ethyl adjacent to an activating group) is 1. The Kier molecular flexibility index (Phi) is 4.68. The molecule has 0 aromatic heterocycles. The molecular formula is C13H16N2O2. The zero-order chi connectivity index (χ0) is 12.8. The van der Waals surface area contributed by atoms with Gasteiger partial charge in [0.15, 0.2) is 0 Å². The third-order valence-corrected chi connectivity index (χ3v) is 2.62. The Morgan fingerprint density at radius 2 is 2.24 bits per heavy atom. The van der Waals surface area contributed by atoms with Crippen LogP contribution in [0, 0.1) is 18.3 Å². The van der Waals surface area contributed by atoms with Gasteiger partial charge in [-0.2, -0.15) is 5.26 Å². The van der Waals surface area contributed by atoms with E-state index in [4.69, 9.17) is 10.4 Å². The van der Waals surface area contributed by atoms with Gasteiger partial charge in [0.2, 0.25) is 0 Å². The van der Waals surface area contributed by atoms with Gasteiger partial charge in [-0.1, -0.05) is 0 Å². The minimum atomic E-state index is -0.108. The Morgan fingerprint density at radius 3 is 2.71 bits per heavy atom. The molecule has 0 fully saturated rings. The highest BCUT2D eigenvalue weighted by atomic mass is 16.3. The van der Waals surface area contributed by atoms with Crippen LogP contribution in [-0.2, 0) is 0 Å². The van der Waals surface area contributed by atoms with Gasteiger partial charge in [0.25, 0.3) is 5.91 Å². The highest BCUT2D eigenvalue weighted by molar-refractivity contribution is 5.95. The monoisotopic (exact) mass is 232 g/mol. The summed E-state index contributed by atoms with van der Waals surface area (Å²) in [5.74, 6) is -0.108. The standard InChI is InChI=1S/C13H16N2O2/c1-3-15(6-7-16)13(17)12-5-4-11(9-14)8-10(12)2/h4-5,8,16H,3,6-7H2,1-2H3. The molecule has 0 unspecified atom stereocenters. The molecule has 0 heterocycles. The Bertz CT molecular complexity index is 449. The van der Waals surface area contributed by atoms with E-state index in [1.807, 2.05) is 13.0 Å². The molecule has 1 amide bonds. The summed E-state index contributed by atoms with van der Waals surface area (Å²) in [4.78, 5) is 13.7. The highest BCUT2D eigenvalue weighted by Crippen LogP contribution is 2.13. The first kappa shape index (κ1) is 13.2. The number of amides is 1. The highest BCUT2D eigenvalue weighted by Gasteiger charge is 2.15. The molecule has 0 aliphatic carbocycles. The molecule has 1 aromatic carbocycles. The largest absolute Gasteiger partial charge is 0.395 e. The van der Waals surface area contributed by atoms with Crippen molar-refractivity contribution in [3.05, 3.63) is 34.9 Å². The fraction of sp³-hybridized carbons (Fsp3) is 0.385. The lowest BCUT2D eigenvalue weighted by Gasteiger charge is -2.20. The van der Waals surface area contributed by atoms with Gasteiger partial charge in [-0.3, -0.25) is 4.79 Å². The quantitative estimate of drug-likeness (QED) is 0.851. The van der Waals surface area contributed by atoms with Crippen molar-refractivity contribution in [2.45, 2.75) is 13.8 Å². The molecule has 0 saturated carbocycles. The van der Waals surface area contributed by atoms with E-state index < -0.39 is 0 Å². The lowest BCUT2D eigenvalue weighted by molar-refractivity contribution is 0.0731. The van der Waals surface area contributed by atoms with E-state index >= 15 is 0 Å². The van der Waals surface area contributed by atoms with Crippen LogP contribution in [0.1, 0.15) is 28.4 Å². The van der Waals surface area contributed by atoms with E-state index in [0.29, 0.717) is 24.2 Å². The Morgan fingerprint density at radius 1 is 1.53 bits per heavy atom. The van der Waals surface area contributed by atoms with E-state index in [9.17, 15) is 4.79 Å². The number of aliphatic hydroxyl groups excluding tert-OH is 1. The maximum Gasteiger partial charge on any atom is 0.254 e. The maximum atomic E-state index is 12.1. The number of aryl methyl sites for hydroxylation is 1. The third kappa shape index (κ3) is 3.05. The van der Waals surface area contributed by atoms with Gasteiger partial charge in [0.05, 0.1) is 18.2 Å². The molecule has 0 saturated heterocycles. The summed E-state index contributed by atoms with van der Waals surface area (Å²) in [5.41, 5.74) is 1.91. The molecule has 17 heavy (non-hydrogen) atoms. The number of carbonyl (C=O) groups is 1. The lowest BCUT2D eigenvalue weighted by atomic mass is 10.0. The summed E-state index contributed by atoms with van der Waals surface area (Å²) in [6, 6.07) is 7.03. The Balaban J connectivity index is 3.00. The zero-order valence-corrected chi connectivity index (χ0v) is 10.1. The van der Waals surface area contributed by atoms with E-state index in [1.54, 1.807) is 30.0 Å². The summed E-state index contributed by atoms with van der Waals surface area (Å²) in [6.45, 7) is 4.51. The van der Waals surface area contributed by atoms with Crippen molar-refractivity contribution in [2.24, 2.45) is 0 Å². The summed E-state index contributed by atoms with van der Waals surface area (Å²) in [6.07, 6.45) is 0. The second kappa shape index (κ2) is 6.02. The first-order valence-corrected chi connectivity index (χ1v) is 5.55. The normalized spacial score (nSPS) is 9.76. The van der Waals surface area contributed by atoms with Crippen LogP contribution in [0.15, 0.2) is 18.2 Å². The molecule has 1 aromatic rings. The molecular weight excluding hydrogens is 216 g/mol. The van der Waals surface area contributed by atoms with Crippen LogP contribution in [-0.4, -0.2) is 35.6 Å². The number of carbonyl (C=O) groups excluding carboxylic acids is 1. The van der Waals surface area contributed by atoms with Crippen molar-refractivity contribution >= 4 is 5.91 Å². The fourth-order valence-electron chi connectivity index (χ4n) is 1.67. The maximum absolute atomic E-state index is 12.1. The predicted octanol–water partition coefficient (Wildman–Crippen LogP) is 1.32. The average molecular weight is 232 g/mol. The number of benzene rings is 1. The molecule has 0 atom stereocenters. The lowest BCUT2D eigenvalue weighted by Crippen LogP contribution is -2.33. The van der Waals surface area contributed by atoms with Crippen LogP contribution in [0.25, 0.3) is 0 Å². The van der Waals surface area contributed by atoms with Crippen LogP contribution < -0.4 is 0 Å². The molecule has 1 rings (SSSR count). The molecule has 0 aliphatic heterocycles. The second-order valence-corrected chi connectivity index (χ2v) is 3.75. The van der Waals surface area contributed by atoms with Crippen molar-refractivity contribution in [1.82, 2.24) is 4.90 Å². The average Bonchev–Trinajstić information content (AvgIpc) is 2.35.